The number of phenolic OH excluding ortho intramolecular Hbond substituents is 1. The third-order valence-electron chi connectivity index (χ3n) is 3.69. The average molecular weight is 368 g/mol. The Labute approximate surface area is 154 Å². The summed E-state index contributed by atoms with van der Waals surface area (Å²) in [5.74, 6) is -1.33. The Morgan fingerprint density at radius 1 is 1.19 bits per heavy atom. The molecule has 0 spiro atoms. The van der Waals surface area contributed by atoms with Crippen LogP contribution in [0.15, 0.2) is 48.5 Å². The van der Waals surface area contributed by atoms with Crippen LogP contribution in [0.4, 0.5) is 5.69 Å². The summed E-state index contributed by atoms with van der Waals surface area (Å²) in [5, 5.41) is 33.9. The van der Waals surface area contributed by atoms with Gasteiger partial charge in [0, 0.05) is 12.5 Å². The highest BCUT2D eigenvalue weighted by Gasteiger charge is 2.25. The fourth-order valence-corrected chi connectivity index (χ4v) is 2.39. The zero-order valence-electron chi connectivity index (χ0n) is 14.1. The van der Waals surface area contributed by atoms with Crippen LogP contribution in [0, 0.1) is 21.4 Å². The summed E-state index contributed by atoms with van der Waals surface area (Å²) >= 11 is 0. The quantitative estimate of drug-likeness (QED) is 0.381. The maximum absolute atomic E-state index is 12.5. The molecular weight excluding hydrogens is 352 g/mol. The van der Waals surface area contributed by atoms with Crippen molar-refractivity contribution in [1.29, 1.82) is 5.26 Å². The zero-order chi connectivity index (χ0) is 19.8. The van der Waals surface area contributed by atoms with E-state index in [0.29, 0.717) is 5.56 Å². The lowest BCUT2D eigenvalue weighted by atomic mass is 10.0. The van der Waals surface area contributed by atoms with Crippen LogP contribution >= 0.6 is 0 Å². The number of para-hydroxylation sites is 1. The van der Waals surface area contributed by atoms with Crippen LogP contribution in [0.3, 0.4) is 0 Å². The van der Waals surface area contributed by atoms with Gasteiger partial charge in [0.15, 0.2) is 0 Å². The summed E-state index contributed by atoms with van der Waals surface area (Å²) < 4.78 is 0. The number of amides is 2. The first kappa shape index (κ1) is 19.4. The highest BCUT2D eigenvalue weighted by atomic mass is 16.6. The standard InChI is InChI=1S/C18H16N4O5/c19-9-10-20-18(25)15(11-12-5-7-13(23)8-6-12)21-17(24)14-3-1-2-4-16(14)22(26)27/h1-8,15,23H,10-11H2,(H,20,25)(H,21,24). The van der Waals surface area contributed by atoms with Crippen molar-refractivity contribution in [2.75, 3.05) is 6.54 Å². The van der Waals surface area contributed by atoms with E-state index in [-0.39, 0.29) is 30.0 Å². The van der Waals surface area contributed by atoms with E-state index in [9.17, 15) is 24.8 Å². The fraction of sp³-hybridized carbons (Fsp3) is 0.167. The molecule has 2 rings (SSSR count). The minimum absolute atomic E-state index is 0.0492. The van der Waals surface area contributed by atoms with Gasteiger partial charge < -0.3 is 15.7 Å². The highest BCUT2D eigenvalue weighted by Crippen LogP contribution is 2.18. The molecule has 0 heterocycles. The van der Waals surface area contributed by atoms with Crippen molar-refractivity contribution < 1.29 is 19.6 Å². The largest absolute Gasteiger partial charge is 0.508 e. The summed E-state index contributed by atoms with van der Waals surface area (Å²) in [7, 11) is 0. The smallest absolute Gasteiger partial charge is 0.282 e. The van der Waals surface area contributed by atoms with E-state index in [1.54, 1.807) is 18.2 Å². The van der Waals surface area contributed by atoms with Gasteiger partial charge in [-0.1, -0.05) is 24.3 Å². The molecule has 0 bridgehead atoms. The van der Waals surface area contributed by atoms with Crippen LogP contribution < -0.4 is 10.6 Å². The molecule has 2 aromatic carbocycles. The number of hydrogen-bond donors (Lipinski definition) is 3. The summed E-state index contributed by atoms with van der Waals surface area (Å²) in [4.78, 5) is 35.2. The number of rotatable bonds is 7. The predicted octanol–water partition coefficient (Wildman–Crippen LogP) is 1.28. The molecule has 0 aliphatic heterocycles. The first-order valence-corrected chi connectivity index (χ1v) is 7.89. The van der Waals surface area contributed by atoms with Crippen molar-refractivity contribution in [3.63, 3.8) is 0 Å². The molecule has 0 aliphatic carbocycles. The number of benzene rings is 2. The average Bonchev–Trinajstić information content (AvgIpc) is 2.67. The molecule has 1 unspecified atom stereocenters. The predicted molar refractivity (Wildman–Crippen MR) is 94.8 cm³/mol. The van der Waals surface area contributed by atoms with Crippen LogP contribution in [-0.2, 0) is 11.2 Å². The van der Waals surface area contributed by atoms with Crippen molar-refractivity contribution >= 4 is 17.5 Å². The summed E-state index contributed by atoms with van der Waals surface area (Å²) in [6.45, 7) is -0.244. The first-order valence-electron chi connectivity index (χ1n) is 7.89. The monoisotopic (exact) mass is 368 g/mol. The molecule has 9 heteroatoms. The minimum atomic E-state index is -1.06. The van der Waals surface area contributed by atoms with Gasteiger partial charge in [0.25, 0.3) is 11.6 Å². The molecule has 0 aromatic heterocycles. The Morgan fingerprint density at radius 3 is 2.48 bits per heavy atom. The second-order valence-electron chi connectivity index (χ2n) is 5.55. The topological polar surface area (TPSA) is 145 Å². The Hall–Kier alpha value is -3.93. The van der Waals surface area contributed by atoms with E-state index in [4.69, 9.17) is 5.26 Å². The molecule has 0 aliphatic rings. The maximum Gasteiger partial charge on any atom is 0.282 e. The zero-order valence-corrected chi connectivity index (χ0v) is 14.1. The van der Waals surface area contributed by atoms with E-state index >= 15 is 0 Å². The molecule has 27 heavy (non-hydrogen) atoms. The Bertz CT molecular complexity index is 889. The first-order chi connectivity index (χ1) is 12.9. The van der Waals surface area contributed by atoms with Gasteiger partial charge in [-0.15, -0.1) is 0 Å². The van der Waals surface area contributed by atoms with Gasteiger partial charge in [0.2, 0.25) is 5.91 Å². The number of nitro groups is 1. The fourth-order valence-electron chi connectivity index (χ4n) is 2.39. The number of carbonyl (C=O) groups is 2. The summed E-state index contributed by atoms with van der Waals surface area (Å²) in [6, 6.07) is 12.1. The van der Waals surface area contributed by atoms with Crippen molar-refractivity contribution in [2.45, 2.75) is 12.5 Å². The van der Waals surface area contributed by atoms with Crippen LogP contribution in [0.25, 0.3) is 0 Å². The third-order valence-corrected chi connectivity index (χ3v) is 3.69. The molecule has 3 N–H and O–H groups in total. The maximum atomic E-state index is 12.5. The number of nitrogens with zero attached hydrogens (tertiary/aromatic N) is 2. The van der Waals surface area contributed by atoms with Crippen molar-refractivity contribution in [2.24, 2.45) is 0 Å². The van der Waals surface area contributed by atoms with Crippen LogP contribution in [0.5, 0.6) is 5.75 Å². The SMILES string of the molecule is N#CCNC(=O)C(Cc1ccc(O)cc1)NC(=O)c1ccccc1[N+](=O)[O-]. The van der Waals surface area contributed by atoms with E-state index in [2.05, 4.69) is 10.6 Å². The second-order valence-corrected chi connectivity index (χ2v) is 5.55. The lowest BCUT2D eigenvalue weighted by Gasteiger charge is -2.18. The van der Waals surface area contributed by atoms with Crippen molar-refractivity contribution in [1.82, 2.24) is 10.6 Å². The Kier molecular flexibility index (Phi) is 6.44. The van der Waals surface area contributed by atoms with Gasteiger partial charge in [0.05, 0.1) is 11.0 Å². The molecule has 1 atom stereocenters. The number of hydrogen-bond acceptors (Lipinski definition) is 6. The molecule has 0 radical (unpaired) electrons. The van der Waals surface area contributed by atoms with Crippen molar-refractivity contribution in [3.05, 3.63) is 69.8 Å². The normalized spacial score (nSPS) is 11.1. The van der Waals surface area contributed by atoms with Gasteiger partial charge in [-0.2, -0.15) is 5.26 Å². The molecule has 0 saturated heterocycles. The van der Waals surface area contributed by atoms with Crippen LogP contribution in [-0.4, -0.2) is 34.4 Å². The van der Waals surface area contributed by atoms with Gasteiger partial charge in [0.1, 0.15) is 23.9 Å². The van der Waals surface area contributed by atoms with Crippen LogP contribution in [0.2, 0.25) is 0 Å². The van der Waals surface area contributed by atoms with E-state index in [1.165, 1.54) is 36.4 Å². The number of nitro benzene ring substituents is 1. The Morgan fingerprint density at radius 2 is 1.85 bits per heavy atom. The van der Waals surface area contributed by atoms with E-state index in [1.807, 2.05) is 0 Å². The number of carbonyl (C=O) groups excluding carboxylic acids is 2. The number of phenols is 1. The van der Waals surface area contributed by atoms with E-state index < -0.39 is 22.8 Å². The lowest BCUT2D eigenvalue weighted by Crippen LogP contribution is -2.48. The summed E-state index contributed by atoms with van der Waals surface area (Å²) in [5.41, 5.74) is 0.0925. The van der Waals surface area contributed by atoms with Gasteiger partial charge in [-0.3, -0.25) is 19.7 Å². The minimum Gasteiger partial charge on any atom is -0.508 e. The third kappa shape index (κ3) is 5.27. The highest BCUT2D eigenvalue weighted by molar-refractivity contribution is 6.00. The lowest BCUT2D eigenvalue weighted by molar-refractivity contribution is -0.385. The number of nitriles is 1. The van der Waals surface area contributed by atoms with Gasteiger partial charge >= 0.3 is 0 Å². The Balaban J connectivity index is 2.24. The summed E-state index contributed by atoms with van der Waals surface area (Å²) in [6.07, 6.45) is 0.0733. The molecule has 2 amide bonds. The van der Waals surface area contributed by atoms with Crippen LogP contribution in [0.1, 0.15) is 15.9 Å². The van der Waals surface area contributed by atoms with Crippen molar-refractivity contribution in [3.8, 4) is 11.8 Å². The second kappa shape index (κ2) is 8.96. The molecule has 0 fully saturated rings. The number of aromatic hydroxyl groups is 1. The molecule has 9 nitrogen and oxygen atoms in total. The van der Waals surface area contributed by atoms with E-state index in [0.717, 1.165) is 0 Å². The molecule has 138 valence electrons. The molecule has 2 aromatic rings. The molecular formula is C18H16N4O5. The number of nitrogens with one attached hydrogen (secondary N) is 2. The molecule has 0 saturated carbocycles. The van der Waals surface area contributed by atoms with Gasteiger partial charge in [-0.05, 0) is 23.8 Å². The van der Waals surface area contributed by atoms with Gasteiger partial charge in [-0.25, -0.2) is 0 Å².